The molecular weight excluding hydrogens is 508 g/mol. The molecule has 0 saturated carbocycles. The van der Waals surface area contributed by atoms with Gasteiger partial charge in [0.15, 0.2) is 11.5 Å². The molecule has 0 aliphatic carbocycles. The maximum Gasteiger partial charge on any atom is 0.267 e. The molecule has 0 radical (unpaired) electrons. The highest BCUT2D eigenvalue weighted by molar-refractivity contribution is 7.93. The van der Waals surface area contributed by atoms with Crippen molar-refractivity contribution in [3.05, 3.63) is 44.7 Å². The third-order valence-electron chi connectivity index (χ3n) is 4.83. The molecule has 1 aliphatic heterocycles. The van der Waals surface area contributed by atoms with Gasteiger partial charge in [0, 0.05) is 25.8 Å². The van der Waals surface area contributed by atoms with Gasteiger partial charge >= 0.3 is 0 Å². The van der Waals surface area contributed by atoms with Gasteiger partial charge in [-0.1, -0.05) is 16.8 Å². The van der Waals surface area contributed by atoms with E-state index in [1.807, 2.05) is 0 Å². The van der Waals surface area contributed by atoms with Crippen LogP contribution < -0.4 is 19.5 Å². The summed E-state index contributed by atoms with van der Waals surface area (Å²) in [6, 6.07) is 4.44. The smallest absolute Gasteiger partial charge is 0.267 e. The molecule has 0 unspecified atom stereocenters. The van der Waals surface area contributed by atoms with Crippen molar-refractivity contribution in [2.24, 2.45) is 0 Å². The minimum atomic E-state index is -4.22. The number of nitrogens with zero attached hydrogens (tertiary/aromatic N) is 2. The van der Waals surface area contributed by atoms with Gasteiger partial charge in [-0.15, -0.1) is 11.3 Å². The number of aromatic nitrogens is 1. The van der Waals surface area contributed by atoms with E-state index in [0.717, 1.165) is 11.3 Å². The Bertz CT molecular complexity index is 1380. The molecule has 34 heavy (non-hydrogen) atoms. The third-order valence-corrected chi connectivity index (χ3v) is 7.69. The molecule has 3 heterocycles. The first-order chi connectivity index (χ1) is 16.1. The maximum atomic E-state index is 13.1. The van der Waals surface area contributed by atoms with Gasteiger partial charge in [0.1, 0.15) is 20.5 Å². The first-order valence-electron chi connectivity index (χ1n) is 9.73. The summed E-state index contributed by atoms with van der Waals surface area (Å²) in [5.74, 6) is -0.295. The first-order valence-corrected chi connectivity index (χ1v) is 12.5. The molecule has 0 fully saturated rings. The number of halogens is 1. The number of fused-ring (bicyclic) bond motifs is 1. The van der Waals surface area contributed by atoms with Crippen LogP contribution in [0.5, 0.6) is 11.5 Å². The fraction of sp³-hybridized carbons (Fsp3) is 0.250. The molecule has 2 aromatic heterocycles. The fourth-order valence-electron chi connectivity index (χ4n) is 3.02. The zero-order valence-electron chi connectivity index (χ0n) is 18.2. The van der Waals surface area contributed by atoms with Gasteiger partial charge in [-0.05, 0) is 30.0 Å². The molecule has 0 saturated heterocycles. The summed E-state index contributed by atoms with van der Waals surface area (Å²) < 4.78 is 43.7. The van der Waals surface area contributed by atoms with Gasteiger partial charge in [0.2, 0.25) is 12.7 Å². The average molecular weight is 527 g/mol. The normalized spacial score (nSPS) is 12.5. The number of aryl methyl sites for hydroxylation is 1. The van der Waals surface area contributed by atoms with E-state index in [1.165, 1.54) is 22.4 Å². The Hall–Kier alpha value is -3.29. The lowest BCUT2D eigenvalue weighted by Gasteiger charge is -2.15. The summed E-state index contributed by atoms with van der Waals surface area (Å²) in [5.41, 5.74) is 1.09. The van der Waals surface area contributed by atoms with Gasteiger partial charge in [0.05, 0.1) is 6.42 Å². The number of rotatable bonds is 7. The van der Waals surface area contributed by atoms with Crippen LogP contribution in [0.2, 0.25) is 5.02 Å². The lowest BCUT2D eigenvalue weighted by atomic mass is 10.1. The van der Waals surface area contributed by atoms with Crippen LogP contribution in [0.4, 0.5) is 11.6 Å². The van der Waals surface area contributed by atoms with Crippen molar-refractivity contribution < 1.29 is 32.0 Å². The lowest BCUT2D eigenvalue weighted by molar-refractivity contribution is -0.127. The number of hydrogen-bond donors (Lipinski definition) is 2. The highest BCUT2D eigenvalue weighted by atomic mass is 35.5. The highest BCUT2D eigenvalue weighted by Gasteiger charge is 2.28. The highest BCUT2D eigenvalue weighted by Crippen LogP contribution is 2.38. The van der Waals surface area contributed by atoms with E-state index in [4.69, 9.17) is 25.6 Å². The van der Waals surface area contributed by atoms with E-state index in [0.29, 0.717) is 28.4 Å². The molecule has 11 nitrogen and oxygen atoms in total. The molecule has 3 aromatic rings. The van der Waals surface area contributed by atoms with Gasteiger partial charge in [-0.2, -0.15) is 0 Å². The van der Waals surface area contributed by atoms with Crippen LogP contribution in [0, 0.1) is 6.92 Å². The molecule has 4 rings (SSSR count). The van der Waals surface area contributed by atoms with Crippen LogP contribution in [-0.4, -0.2) is 51.2 Å². The van der Waals surface area contributed by atoms with Crippen molar-refractivity contribution in [1.29, 1.82) is 0 Å². The topological polar surface area (TPSA) is 140 Å². The second-order valence-corrected chi connectivity index (χ2v) is 10.4. The van der Waals surface area contributed by atoms with Crippen LogP contribution in [-0.2, 0) is 21.2 Å². The van der Waals surface area contributed by atoms with Crippen LogP contribution in [0.1, 0.15) is 20.9 Å². The number of thiophene rings is 1. The minimum Gasteiger partial charge on any atom is -0.454 e. The van der Waals surface area contributed by atoms with Crippen LogP contribution in [0.25, 0.3) is 0 Å². The second kappa shape index (κ2) is 9.16. The fourth-order valence-corrected chi connectivity index (χ4v) is 5.51. The van der Waals surface area contributed by atoms with Gasteiger partial charge in [-0.25, -0.2) is 13.1 Å². The Morgan fingerprint density at radius 3 is 2.59 bits per heavy atom. The number of benzene rings is 1. The molecule has 180 valence electrons. The number of likely N-dealkylation sites (N-methyl/N-ethyl adjacent to an activating group) is 1. The standard InChI is InChI=1S/C20H19ClN4O7S2/c1-10-17(21)20(32-23-10)24-34(28,29)15-4-5-33-18(15)19(27)22-12-8-14-13(30-9-31-14)6-11(12)7-16(26)25(2)3/h4-6,8,24H,7,9H2,1-3H3,(H,22,27). The van der Waals surface area contributed by atoms with Crippen LogP contribution in [0.3, 0.4) is 0 Å². The predicted octanol–water partition coefficient (Wildman–Crippen LogP) is 3.11. The number of nitrogens with one attached hydrogen (secondary N) is 2. The minimum absolute atomic E-state index is 0.0104. The number of carbonyl (C=O) groups is 2. The van der Waals surface area contributed by atoms with Gasteiger partial charge in [-0.3, -0.25) is 9.59 Å². The number of anilines is 2. The van der Waals surface area contributed by atoms with Crippen molar-refractivity contribution in [2.75, 3.05) is 30.9 Å². The van der Waals surface area contributed by atoms with Crippen molar-refractivity contribution in [2.45, 2.75) is 18.2 Å². The molecular formula is C20H19ClN4O7S2. The molecule has 2 amide bonds. The number of sulfonamides is 1. The molecule has 14 heteroatoms. The monoisotopic (exact) mass is 526 g/mol. The van der Waals surface area contributed by atoms with Crippen molar-refractivity contribution in [1.82, 2.24) is 10.1 Å². The number of carbonyl (C=O) groups excluding carboxylic acids is 2. The number of hydrogen-bond acceptors (Lipinski definition) is 9. The lowest BCUT2D eigenvalue weighted by Crippen LogP contribution is -2.24. The van der Waals surface area contributed by atoms with E-state index < -0.39 is 15.9 Å². The molecule has 1 aliphatic rings. The molecule has 0 spiro atoms. The molecule has 2 N–H and O–H groups in total. The molecule has 0 bridgehead atoms. The average Bonchev–Trinajstić information content (AvgIpc) is 3.51. The predicted molar refractivity (Wildman–Crippen MR) is 124 cm³/mol. The Morgan fingerprint density at radius 1 is 1.24 bits per heavy atom. The first kappa shape index (κ1) is 23.9. The Kier molecular flexibility index (Phi) is 6.43. The summed E-state index contributed by atoms with van der Waals surface area (Å²) in [6.45, 7) is 1.56. The van der Waals surface area contributed by atoms with Gasteiger partial charge < -0.3 is 24.2 Å². The van der Waals surface area contributed by atoms with Crippen molar-refractivity contribution >= 4 is 56.3 Å². The summed E-state index contributed by atoms with van der Waals surface area (Å²) >= 11 is 6.93. The molecule has 0 atom stereocenters. The Labute approximate surface area is 203 Å². The largest absolute Gasteiger partial charge is 0.454 e. The summed E-state index contributed by atoms with van der Waals surface area (Å²) in [5, 5.41) is 7.77. The third kappa shape index (κ3) is 4.67. The van der Waals surface area contributed by atoms with Crippen LogP contribution in [0.15, 0.2) is 33.0 Å². The number of amides is 2. The quantitative estimate of drug-likeness (QED) is 0.478. The Balaban J connectivity index is 1.63. The van der Waals surface area contributed by atoms with E-state index >= 15 is 0 Å². The summed E-state index contributed by atoms with van der Waals surface area (Å²) in [4.78, 5) is 26.5. The Morgan fingerprint density at radius 2 is 1.94 bits per heavy atom. The van der Waals surface area contributed by atoms with Crippen LogP contribution >= 0.6 is 22.9 Å². The van der Waals surface area contributed by atoms with Crippen molar-refractivity contribution in [3.63, 3.8) is 0 Å². The second-order valence-electron chi connectivity index (χ2n) is 7.41. The summed E-state index contributed by atoms with van der Waals surface area (Å²) in [7, 11) is -0.988. The maximum absolute atomic E-state index is 13.1. The van der Waals surface area contributed by atoms with E-state index in [9.17, 15) is 18.0 Å². The molecule has 1 aromatic carbocycles. The summed E-state index contributed by atoms with van der Waals surface area (Å²) in [6.07, 6.45) is -0.0141. The van der Waals surface area contributed by atoms with Gasteiger partial charge in [0.25, 0.3) is 21.8 Å². The van der Waals surface area contributed by atoms with E-state index in [-0.39, 0.29) is 39.8 Å². The zero-order valence-corrected chi connectivity index (χ0v) is 20.6. The zero-order chi connectivity index (χ0) is 24.6. The van der Waals surface area contributed by atoms with Crippen molar-refractivity contribution in [3.8, 4) is 11.5 Å². The van der Waals surface area contributed by atoms with E-state index in [2.05, 4.69) is 15.2 Å². The number of ether oxygens (including phenoxy) is 2. The SMILES string of the molecule is Cc1noc(NS(=O)(=O)c2ccsc2C(=O)Nc2cc3c(cc2CC(=O)N(C)C)OCO3)c1Cl. The van der Waals surface area contributed by atoms with E-state index in [1.54, 1.807) is 27.1 Å².